The number of hydrogen-bond acceptors (Lipinski definition) is 6. The number of carbonyl (C=O) groups is 4. The van der Waals surface area contributed by atoms with Gasteiger partial charge in [-0.15, -0.1) is 0 Å². The number of hydrogen-bond donors (Lipinski definition) is 3. The second-order valence-electron chi connectivity index (χ2n) is 10.3. The molecule has 1 spiro atoms. The molecule has 5 aromatic rings. The molecule has 0 aromatic heterocycles. The second kappa shape index (κ2) is 10.2. The van der Waals surface area contributed by atoms with Crippen molar-refractivity contribution in [2.24, 2.45) is 0 Å². The molecule has 0 atom stereocenters. The number of fused-ring (bicyclic) bond motifs is 6. The molecule has 0 bridgehead atoms. The van der Waals surface area contributed by atoms with Crippen LogP contribution in [0.2, 0.25) is 0 Å². The van der Waals surface area contributed by atoms with E-state index in [4.69, 9.17) is 9.47 Å². The minimum absolute atomic E-state index is 0.0190. The molecule has 9 heteroatoms. The maximum absolute atomic E-state index is 13.3. The van der Waals surface area contributed by atoms with Gasteiger partial charge in [-0.1, -0.05) is 36.4 Å². The van der Waals surface area contributed by atoms with Crippen LogP contribution in [0.5, 0.6) is 11.5 Å². The third kappa shape index (κ3) is 4.35. The maximum atomic E-state index is 13.3. The Hall–Kier alpha value is -6.22. The average molecular weight is 583 g/mol. The number of carboxylic acid groups (broad SMARTS) is 1. The summed E-state index contributed by atoms with van der Waals surface area (Å²) in [5.41, 5.74) is 1.66. The largest absolute Gasteiger partial charge is 0.478 e. The molecule has 0 radical (unpaired) electrons. The standard InChI is InChI=1S/C35H22N2O7/c38-31(20-7-3-1-4-8-20)36-23-12-15-26-29(18-23)43-30-19-24(37-32(39)21-9-5-2-6-10-21)13-16-27(30)35(26)28-17-22(33(40)41)11-14-25(28)34(42)44-35/h1-19H,(H,36,38)(H,37,39)(H,40,41). The van der Waals surface area contributed by atoms with Crippen molar-refractivity contribution in [2.45, 2.75) is 5.60 Å². The van der Waals surface area contributed by atoms with Crippen molar-refractivity contribution in [2.75, 3.05) is 10.6 Å². The molecule has 0 saturated carbocycles. The highest BCUT2D eigenvalue weighted by Gasteiger charge is 2.54. The Labute approximate surface area is 250 Å². The van der Waals surface area contributed by atoms with E-state index in [1.807, 2.05) is 12.1 Å². The van der Waals surface area contributed by atoms with Crippen LogP contribution in [0.3, 0.4) is 0 Å². The van der Waals surface area contributed by atoms with Crippen molar-refractivity contribution in [3.63, 3.8) is 0 Å². The van der Waals surface area contributed by atoms with Crippen molar-refractivity contribution in [1.82, 2.24) is 0 Å². The molecule has 2 amide bonds. The quantitative estimate of drug-likeness (QED) is 0.203. The van der Waals surface area contributed by atoms with Gasteiger partial charge in [-0.3, -0.25) is 9.59 Å². The van der Waals surface area contributed by atoms with Crippen LogP contribution in [0.15, 0.2) is 115 Å². The Morgan fingerprint density at radius 3 is 1.61 bits per heavy atom. The molecule has 2 heterocycles. The third-order valence-electron chi connectivity index (χ3n) is 7.64. The van der Waals surface area contributed by atoms with E-state index < -0.39 is 17.5 Å². The minimum Gasteiger partial charge on any atom is -0.478 e. The molecule has 44 heavy (non-hydrogen) atoms. The highest BCUT2D eigenvalue weighted by Crippen LogP contribution is 2.57. The molecule has 0 unspecified atom stereocenters. The van der Waals surface area contributed by atoms with Crippen LogP contribution in [0.25, 0.3) is 0 Å². The molecule has 3 N–H and O–H groups in total. The van der Waals surface area contributed by atoms with Crippen LogP contribution in [0.4, 0.5) is 11.4 Å². The lowest BCUT2D eigenvalue weighted by molar-refractivity contribution is 0.0224. The van der Waals surface area contributed by atoms with E-state index in [0.29, 0.717) is 39.2 Å². The summed E-state index contributed by atoms with van der Waals surface area (Å²) >= 11 is 0. The van der Waals surface area contributed by atoms with Crippen LogP contribution in [-0.4, -0.2) is 28.9 Å². The Morgan fingerprint density at radius 1 is 0.591 bits per heavy atom. The summed E-state index contributed by atoms with van der Waals surface area (Å²) in [6.45, 7) is 0. The van der Waals surface area contributed by atoms with Gasteiger partial charge in [0.2, 0.25) is 0 Å². The lowest BCUT2D eigenvalue weighted by atomic mass is 9.77. The first-order valence-corrected chi connectivity index (χ1v) is 13.6. The SMILES string of the molecule is O=C(O)c1ccc2c(c1)C1(OC2=O)c2ccc(NC(=O)c3ccccc3)cc2Oc2cc(NC(=O)c3ccccc3)ccc21. The Kier molecular flexibility index (Phi) is 6.21. The van der Waals surface area contributed by atoms with E-state index in [-0.39, 0.29) is 34.4 Å². The van der Waals surface area contributed by atoms with Gasteiger partial charge in [-0.05, 0) is 66.7 Å². The van der Waals surface area contributed by atoms with E-state index in [1.165, 1.54) is 18.2 Å². The third-order valence-corrected chi connectivity index (χ3v) is 7.64. The number of benzene rings is 5. The molecule has 0 aliphatic carbocycles. The zero-order valence-electron chi connectivity index (χ0n) is 22.9. The number of amides is 2. The summed E-state index contributed by atoms with van der Waals surface area (Å²) in [5.74, 6) is -1.89. The van der Waals surface area contributed by atoms with Gasteiger partial charge in [0.05, 0.1) is 11.1 Å². The summed E-state index contributed by atoms with van der Waals surface area (Å²) < 4.78 is 12.5. The van der Waals surface area contributed by atoms with Crippen molar-refractivity contribution in [3.05, 3.63) is 154 Å². The zero-order chi connectivity index (χ0) is 30.4. The number of anilines is 2. The fraction of sp³-hybridized carbons (Fsp3) is 0.0286. The van der Waals surface area contributed by atoms with E-state index in [2.05, 4.69) is 10.6 Å². The number of carbonyl (C=O) groups excluding carboxylic acids is 3. The van der Waals surface area contributed by atoms with Crippen molar-refractivity contribution < 1.29 is 33.8 Å². The highest BCUT2D eigenvalue weighted by atomic mass is 16.6. The number of rotatable bonds is 5. The first-order valence-electron chi connectivity index (χ1n) is 13.6. The number of aromatic carboxylic acids is 1. The minimum atomic E-state index is -1.55. The Balaban J connectivity index is 1.35. The number of ether oxygens (including phenoxy) is 2. The van der Waals surface area contributed by atoms with Gasteiger partial charge >= 0.3 is 11.9 Å². The monoisotopic (exact) mass is 582 g/mol. The summed E-state index contributed by atoms with van der Waals surface area (Å²) in [6, 6.07) is 31.6. The molecular weight excluding hydrogens is 560 g/mol. The van der Waals surface area contributed by atoms with Crippen LogP contribution < -0.4 is 15.4 Å². The van der Waals surface area contributed by atoms with Gasteiger partial charge in [-0.2, -0.15) is 0 Å². The highest BCUT2D eigenvalue weighted by molar-refractivity contribution is 6.05. The van der Waals surface area contributed by atoms with Gasteiger partial charge in [0, 0.05) is 51.3 Å². The first kappa shape index (κ1) is 26.7. The van der Waals surface area contributed by atoms with Gasteiger partial charge in [0.25, 0.3) is 11.8 Å². The van der Waals surface area contributed by atoms with Gasteiger partial charge in [-0.25, -0.2) is 9.59 Å². The van der Waals surface area contributed by atoms with Crippen LogP contribution in [0.1, 0.15) is 58.1 Å². The van der Waals surface area contributed by atoms with Crippen LogP contribution in [0, 0.1) is 0 Å². The number of esters is 1. The van der Waals surface area contributed by atoms with Gasteiger partial charge in [0.1, 0.15) is 11.5 Å². The summed E-state index contributed by atoms with van der Waals surface area (Å²) in [4.78, 5) is 51.0. The fourth-order valence-corrected chi connectivity index (χ4v) is 5.60. The molecule has 5 aromatic carbocycles. The lowest BCUT2D eigenvalue weighted by Crippen LogP contribution is -2.33. The lowest BCUT2D eigenvalue weighted by Gasteiger charge is -2.37. The zero-order valence-corrected chi connectivity index (χ0v) is 22.9. The van der Waals surface area contributed by atoms with Crippen LogP contribution in [-0.2, 0) is 10.3 Å². The second-order valence-corrected chi connectivity index (χ2v) is 10.3. The predicted octanol–water partition coefficient (Wildman–Crippen LogP) is 6.46. The molecule has 2 aliphatic heterocycles. The smallest absolute Gasteiger partial charge is 0.340 e. The molecule has 0 fully saturated rings. The topological polar surface area (TPSA) is 131 Å². The molecule has 2 aliphatic rings. The summed E-state index contributed by atoms with van der Waals surface area (Å²) in [6.07, 6.45) is 0. The maximum Gasteiger partial charge on any atom is 0.340 e. The first-order chi connectivity index (χ1) is 21.3. The molecule has 0 saturated heterocycles. The fourth-order valence-electron chi connectivity index (χ4n) is 5.60. The molecule has 9 nitrogen and oxygen atoms in total. The number of nitrogens with one attached hydrogen (secondary N) is 2. The number of carboxylic acids is 1. The van der Waals surface area contributed by atoms with Crippen molar-refractivity contribution in [1.29, 1.82) is 0 Å². The van der Waals surface area contributed by atoms with E-state index in [1.54, 1.807) is 84.9 Å². The van der Waals surface area contributed by atoms with E-state index in [9.17, 15) is 24.3 Å². The van der Waals surface area contributed by atoms with Gasteiger partial charge in [0.15, 0.2) is 5.60 Å². The summed E-state index contributed by atoms with van der Waals surface area (Å²) in [5, 5.41) is 15.5. The normalized spacial score (nSPS) is 13.5. The molecule has 7 rings (SSSR count). The Bertz CT molecular complexity index is 1900. The molecule has 214 valence electrons. The van der Waals surface area contributed by atoms with Crippen molar-refractivity contribution >= 4 is 35.1 Å². The Morgan fingerprint density at radius 2 is 1.11 bits per heavy atom. The van der Waals surface area contributed by atoms with E-state index >= 15 is 0 Å². The van der Waals surface area contributed by atoms with Gasteiger partial charge < -0.3 is 25.2 Å². The van der Waals surface area contributed by atoms with Crippen molar-refractivity contribution in [3.8, 4) is 11.5 Å². The summed E-state index contributed by atoms with van der Waals surface area (Å²) in [7, 11) is 0. The average Bonchev–Trinajstić information content (AvgIpc) is 3.33. The van der Waals surface area contributed by atoms with E-state index in [0.717, 1.165) is 0 Å². The molecular formula is C35H22N2O7. The predicted molar refractivity (Wildman–Crippen MR) is 160 cm³/mol. The van der Waals surface area contributed by atoms with Crippen LogP contribution >= 0.6 is 0 Å².